The van der Waals surface area contributed by atoms with Crippen molar-refractivity contribution in [3.05, 3.63) is 0 Å². The van der Waals surface area contributed by atoms with Crippen molar-refractivity contribution in [2.75, 3.05) is 14.1 Å². The second-order valence-electron chi connectivity index (χ2n) is 15.1. The lowest BCUT2D eigenvalue weighted by Gasteiger charge is -2.38. The fourth-order valence-corrected chi connectivity index (χ4v) is 9.00. The van der Waals surface area contributed by atoms with Crippen LogP contribution in [-0.4, -0.2) is 85.8 Å². The van der Waals surface area contributed by atoms with E-state index in [0.717, 1.165) is 70.6 Å². The largest absolute Gasteiger partial charge is 0.462 e. The summed E-state index contributed by atoms with van der Waals surface area (Å²) in [6, 6.07) is 0.507. The Morgan fingerprint density at radius 2 is 1.39 bits per heavy atom. The van der Waals surface area contributed by atoms with Crippen molar-refractivity contribution in [3.63, 3.8) is 0 Å². The van der Waals surface area contributed by atoms with Crippen LogP contribution in [-0.2, 0) is 33.3 Å². The number of carbonyl (C=O) groups is 2. The van der Waals surface area contributed by atoms with Gasteiger partial charge in [0.25, 0.3) is 0 Å². The molecule has 0 unspecified atom stereocenters. The molecule has 266 valence electrons. The molecule has 0 aliphatic carbocycles. The van der Waals surface area contributed by atoms with Gasteiger partial charge in [0.1, 0.15) is 12.2 Å². The van der Waals surface area contributed by atoms with Gasteiger partial charge in [0.15, 0.2) is 0 Å². The van der Waals surface area contributed by atoms with Gasteiger partial charge in [-0.15, -0.1) is 0 Å². The van der Waals surface area contributed by atoms with Gasteiger partial charge in [-0.05, 0) is 91.1 Å². The highest BCUT2D eigenvalue weighted by atomic mass is 16.6. The number of rotatable bonds is 12. The van der Waals surface area contributed by atoms with Crippen molar-refractivity contribution in [1.29, 1.82) is 0 Å². The summed E-state index contributed by atoms with van der Waals surface area (Å²) in [5, 5.41) is 0. The summed E-state index contributed by atoms with van der Waals surface area (Å²) >= 11 is 0. The minimum Gasteiger partial charge on any atom is -0.462 e. The van der Waals surface area contributed by atoms with Gasteiger partial charge >= 0.3 is 11.9 Å². The van der Waals surface area contributed by atoms with Crippen LogP contribution >= 0.6 is 0 Å². The van der Waals surface area contributed by atoms with Crippen molar-refractivity contribution in [3.8, 4) is 0 Å². The topological polar surface area (TPSA) is 83.5 Å². The number of fused-ring (bicyclic) bond motifs is 4. The Bertz CT molecular complexity index is 944. The molecule has 0 aromatic rings. The predicted molar refractivity (Wildman–Crippen MR) is 180 cm³/mol. The van der Waals surface area contributed by atoms with Gasteiger partial charge in [-0.2, -0.15) is 0 Å². The van der Waals surface area contributed by atoms with Crippen LogP contribution < -0.4 is 0 Å². The highest BCUT2D eigenvalue weighted by Crippen LogP contribution is 2.41. The monoisotopic (exact) mass is 649 g/mol. The molecule has 4 bridgehead atoms. The first kappa shape index (κ1) is 37.6. The third-order valence-corrected chi connectivity index (χ3v) is 11.8. The lowest BCUT2D eigenvalue weighted by Crippen LogP contribution is -2.45. The van der Waals surface area contributed by atoms with Gasteiger partial charge in [0, 0.05) is 24.3 Å². The summed E-state index contributed by atoms with van der Waals surface area (Å²) in [6.07, 6.45) is 12.7. The molecule has 0 radical (unpaired) electrons. The zero-order valence-corrected chi connectivity index (χ0v) is 30.4. The maximum atomic E-state index is 14.1. The average Bonchev–Trinajstić information content (AvgIpc) is 3.79. The van der Waals surface area contributed by atoms with E-state index >= 15 is 0 Å². The smallest absolute Gasteiger partial charge is 0.311 e. The predicted octanol–water partition coefficient (Wildman–Crippen LogP) is 7.49. The van der Waals surface area contributed by atoms with Crippen LogP contribution in [0.25, 0.3) is 0 Å². The van der Waals surface area contributed by atoms with Crippen molar-refractivity contribution in [1.82, 2.24) is 4.90 Å². The molecular formula is C38H67NO7. The molecule has 4 saturated heterocycles. The normalized spacial score (nSPS) is 38.9. The number of cyclic esters (lactones) is 2. The van der Waals surface area contributed by atoms with Crippen LogP contribution in [0.1, 0.15) is 138 Å². The minimum absolute atomic E-state index is 0.0167. The average molecular weight is 650 g/mol. The Kier molecular flexibility index (Phi) is 14.7. The molecule has 4 aliphatic rings. The van der Waals surface area contributed by atoms with Crippen molar-refractivity contribution < 1.29 is 33.3 Å². The second-order valence-corrected chi connectivity index (χ2v) is 15.1. The van der Waals surface area contributed by atoms with Crippen molar-refractivity contribution >= 4 is 11.9 Å². The first-order chi connectivity index (χ1) is 22.1. The van der Waals surface area contributed by atoms with Crippen LogP contribution in [0, 0.1) is 23.7 Å². The van der Waals surface area contributed by atoms with Crippen LogP contribution in [0.5, 0.6) is 0 Å². The number of ether oxygens (including phenoxy) is 5. The first-order valence-electron chi connectivity index (χ1n) is 19.2. The molecule has 4 heterocycles. The van der Waals surface area contributed by atoms with Gasteiger partial charge in [-0.1, -0.05) is 54.4 Å². The molecule has 4 rings (SSSR count). The quantitative estimate of drug-likeness (QED) is 0.201. The van der Waals surface area contributed by atoms with Gasteiger partial charge in [0.2, 0.25) is 0 Å². The molecular weight excluding hydrogens is 582 g/mol. The Morgan fingerprint density at radius 3 is 2.02 bits per heavy atom. The second kappa shape index (κ2) is 18.0. The molecule has 46 heavy (non-hydrogen) atoms. The number of esters is 2. The summed E-state index contributed by atoms with van der Waals surface area (Å²) in [5.41, 5.74) is 0. The van der Waals surface area contributed by atoms with E-state index < -0.39 is 0 Å². The molecule has 4 aliphatic heterocycles. The number of carbonyl (C=O) groups excluding carboxylic acids is 2. The van der Waals surface area contributed by atoms with Crippen LogP contribution in [0.4, 0.5) is 0 Å². The van der Waals surface area contributed by atoms with E-state index in [1.165, 1.54) is 6.42 Å². The van der Waals surface area contributed by atoms with Crippen LogP contribution in [0.2, 0.25) is 0 Å². The molecule has 0 aromatic heterocycles. The first-order valence-corrected chi connectivity index (χ1v) is 19.2. The van der Waals surface area contributed by atoms with Crippen molar-refractivity contribution in [2.45, 2.75) is 193 Å². The highest BCUT2D eigenvalue weighted by Gasteiger charge is 2.47. The van der Waals surface area contributed by atoms with E-state index in [1.807, 2.05) is 0 Å². The highest BCUT2D eigenvalue weighted by molar-refractivity contribution is 5.74. The lowest BCUT2D eigenvalue weighted by molar-refractivity contribution is -0.177. The summed E-state index contributed by atoms with van der Waals surface area (Å²) in [7, 11) is 4.34. The van der Waals surface area contributed by atoms with Gasteiger partial charge < -0.3 is 28.6 Å². The minimum atomic E-state index is -0.328. The maximum absolute atomic E-state index is 14.1. The van der Waals surface area contributed by atoms with E-state index in [9.17, 15) is 9.59 Å². The third kappa shape index (κ3) is 9.26. The van der Waals surface area contributed by atoms with Gasteiger partial charge in [0.05, 0.1) is 48.5 Å². The van der Waals surface area contributed by atoms with E-state index in [4.69, 9.17) is 23.7 Å². The molecule has 0 spiro atoms. The Labute approximate surface area is 280 Å². The molecule has 8 nitrogen and oxygen atoms in total. The SMILES string of the molecule is CCC[C@@H]1C[C@@H]2CC[C@@H](O2)[C@H](CC)C(=O)O[C@@H]([C@@H](CC)[C@@H]2CC[C@H](C[C@H](CCC)N(C)C)O2)[C@H](C)[C@@H]2CC[C@@H](O2)[C@H](CC)C(=O)O1. The fraction of sp³-hybridized carbons (Fsp3) is 0.947. The number of hydrogen-bond donors (Lipinski definition) is 0. The molecule has 4 fully saturated rings. The van der Waals surface area contributed by atoms with Crippen molar-refractivity contribution in [2.24, 2.45) is 23.7 Å². The van der Waals surface area contributed by atoms with E-state index in [1.54, 1.807) is 0 Å². The molecule has 0 aromatic carbocycles. The summed E-state index contributed by atoms with van der Waals surface area (Å²) < 4.78 is 33.0. The summed E-state index contributed by atoms with van der Waals surface area (Å²) in [6.45, 7) is 12.9. The Morgan fingerprint density at radius 1 is 0.739 bits per heavy atom. The van der Waals surface area contributed by atoms with E-state index in [0.29, 0.717) is 25.3 Å². The van der Waals surface area contributed by atoms with Gasteiger partial charge in [-0.3, -0.25) is 9.59 Å². The molecule has 8 heteroatoms. The summed E-state index contributed by atoms with van der Waals surface area (Å²) in [5.74, 6) is -0.831. The molecule has 0 saturated carbocycles. The maximum Gasteiger partial charge on any atom is 0.311 e. The molecule has 0 N–H and O–H groups in total. The van der Waals surface area contributed by atoms with Crippen LogP contribution in [0.15, 0.2) is 0 Å². The zero-order valence-electron chi connectivity index (χ0n) is 30.4. The summed E-state index contributed by atoms with van der Waals surface area (Å²) in [4.78, 5) is 30.1. The standard InChI is InChI=1S/C38H67NO7/c1-9-14-25(39(7)8)22-27-16-18-33(42-27)29(11-3)36-24(6)32-20-21-35(45-32)31(13-5)37(40)44-26(15-10-2)23-28-17-19-34(43-28)30(12-4)38(41)46-36/h24-36H,9-23H2,1-8H3/t24-,25+,26-,27-,28+,29+,30+,31+,32+,33+,34-,35-,36-/m1/s1. The third-order valence-electron chi connectivity index (χ3n) is 11.8. The van der Waals surface area contributed by atoms with E-state index in [-0.39, 0.29) is 84.4 Å². The number of nitrogens with zero attached hydrogens (tertiary/aromatic N) is 1. The van der Waals surface area contributed by atoms with E-state index in [2.05, 4.69) is 60.5 Å². The zero-order chi connectivity index (χ0) is 33.4. The Balaban J connectivity index is 1.59. The number of hydrogen-bond acceptors (Lipinski definition) is 8. The molecule has 0 amide bonds. The van der Waals surface area contributed by atoms with Gasteiger partial charge in [-0.25, -0.2) is 0 Å². The lowest BCUT2D eigenvalue weighted by atomic mass is 9.81. The fourth-order valence-electron chi connectivity index (χ4n) is 9.00. The Hall–Kier alpha value is -1.22. The molecule has 13 atom stereocenters. The van der Waals surface area contributed by atoms with Crippen LogP contribution in [0.3, 0.4) is 0 Å².